The molecule has 8 N–H and O–H groups in total. The summed E-state index contributed by atoms with van der Waals surface area (Å²) >= 11 is 3.87. The maximum Gasteiger partial charge on any atom is 0.0701 e. The third-order valence-corrected chi connectivity index (χ3v) is 15.3. The number of rotatable bonds is 0. The van der Waals surface area contributed by atoms with Gasteiger partial charge in [-0.2, -0.15) is 0 Å². The van der Waals surface area contributed by atoms with Crippen LogP contribution in [-0.4, -0.2) is 69.4 Å². The molecule has 282 valence electrons. The number of hydrogen-bond donors (Lipinski definition) is 8. The summed E-state index contributed by atoms with van der Waals surface area (Å²) in [4.78, 5) is 4.18. The second kappa shape index (κ2) is 17.0. The van der Waals surface area contributed by atoms with Gasteiger partial charge in [0.25, 0.3) is 0 Å². The van der Waals surface area contributed by atoms with Gasteiger partial charge >= 0.3 is 34.7 Å². The van der Waals surface area contributed by atoms with Gasteiger partial charge in [0.15, 0.2) is 0 Å². The van der Waals surface area contributed by atoms with Crippen molar-refractivity contribution >= 4 is 45.6 Å². The van der Waals surface area contributed by atoms with E-state index in [-0.39, 0.29) is 0 Å². The predicted molar refractivity (Wildman–Crippen MR) is 219 cm³/mol. The largest absolute Gasteiger partial charge is 0.256 e. The second-order valence-corrected chi connectivity index (χ2v) is 17.8. The average Bonchev–Trinajstić information content (AvgIpc) is 3.95. The van der Waals surface area contributed by atoms with Gasteiger partial charge in [-0.3, -0.25) is 47.5 Å². The molecular weight excluding hydrogens is 815 g/mol. The van der Waals surface area contributed by atoms with Crippen LogP contribution in [0.4, 0.5) is 0 Å². The first-order valence-electron chi connectivity index (χ1n) is 21.4. The summed E-state index contributed by atoms with van der Waals surface area (Å²) in [5, 5.41) is 35.0. The Morgan fingerprint density at radius 2 is 0.635 bits per heavy atom. The Kier molecular flexibility index (Phi) is 12.2. The maximum absolute atomic E-state index is 4.26. The quantitative estimate of drug-likeness (QED) is 0.132. The van der Waals surface area contributed by atoms with Gasteiger partial charge in [0.2, 0.25) is 0 Å². The summed E-state index contributed by atoms with van der Waals surface area (Å²) in [6.07, 6.45) is 27.4. The fourth-order valence-electron chi connectivity index (χ4n) is 13.0. The van der Waals surface area contributed by atoms with E-state index < -0.39 is 0 Å². The molecule has 2 aromatic rings. The van der Waals surface area contributed by atoms with Crippen LogP contribution in [0.5, 0.6) is 0 Å². The van der Waals surface area contributed by atoms with Crippen LogP contribution in [0, 0.1) is 47.3 Å². The van der Waals surface area contributed by atoms with Gasteiger partial charge in [-0.25, -0.2) is 0 Å². The predicted octanol–water partition coefficient (Wildman–Crippen LogP) is 5.35. The molecule has 9 fully saturated rings. The van der Waals surface area contributed by atoms with E-state index in [2.05, 4.69) is 79.3 Å². The van der Waals surface area contributed by atoms with E-state index in [9.17, 15) is 0 Å². The monoisotopic (exact) mass is 877 g/mol. The normalized spacial score (nSPS) is 46.3. The van der Waals surface area contributed by atoms with Gasteiger partial charge in [0.05, 0.1) is 54.8 Å². The number of pyridine rings is 1. The summed E-state index contributed by atoms with van der Waals surface area (Å²) in [5.74, 6) is 5.97. The molecular formula is C41H63GaIN9. The summed E-state index contributed by atoms with van der Waals surface area (Å²) in [5.41, 5.74) is 1.06. The van der Waals surface area contributed by atoms with Crippen molar-refractivity contribution in [3.8, 4) is 0 Å². The molecule has 5 aliphatic heterocycles. The molecule has 11 rings (SSSR count). The molecule has 8 atom stereocenters. The molecule has 52 heavy (non-hydrogen) atoms. The van der Waals surface area contributed by atoms with Gasteiger partial charge < -0.3 is 0 Å². The van der Waals surface area contributed by atoms with Crippen LogP contribution < -0.4 is 42.5 Å². The summed E-state index contributed by atoms with van der Waals surface area (Å²) in [7, 11) is 0. The molecule has 1 aromatic carbocycles. The first kappa shape index (κ1) is 37.3. The Balaban J connectivity index is 0.000000257. The minimum atomic E-state index is 0.420. The fraction of sp³-hybridized carbons (Fsp3) is 0.780. The molecule has 4 saturated carbocycles. The van der Waals surface area contributed by atoms with E-state index in [1.165, 1.54) is 108 Å². The number of fused-ring (bicyclic) bond motifs is 21. The van der Waals surface area contributed by atoms with Crippen molar-refractivity contribution in [2.75, 3.05) is 0 Å². The zero-order chi connectivity index (χ0) is 35.0. The molecule has 1 aromatic heterocycles. The number of halogens is 1. The first-order chi connectivity index (χ1) is 25.8. The Bertz CT molecular complexity index is 1200. The topological polar surface area (TPSA) is 109 Å². The van der Waals surface area contributed by atoms with Crippen LogP contribution in [-0.2, 0) is 0 Å². The van der Waals surface area contributed by atoms with Crippen molar-refractivity contribution in [2.24, 2.45) is 47.3 Å². The molecule has 4 aliphatic carbocycles. The Labute approximate surface area is 333 Å². The molecule has 8 unspecified atom stereocenters. The Hall–Kier alpha value is -0.324. The number of aromatic nitrogens is 1. The maximum atomic E-state index is 4.26. The number of nitrogens with one attached hydrogen (secondary N) is 8. The molecule has 9 aliphatic rings. The Morgan fingerprint density at radius 3 is 0.904 bits per heavy atom. The van der Waals surface area contributed by atoms with E-state index >= 15 is 0 Å². The summed E-state index contributed by atoms with van der Waals surface area (Å²) in [6.45, 7) is 0. The number of para-hydroxylation sites is 1. The minimum absolute atomic E-state index is 0.420. The van der Waals surface area contributed by atoms with Gasteiger partial charge in [-0.1, -0.05) is 75.6 Å². The Morgan fingerprint density at radius 1 is 0.385 bits per heavy atom. The minimum Gasteiger partial charge on any atom is -0.256 e. The van der Waals surface area contributed by atoms with Crippen LogP contribution in [0.2, 0.25) is 0 Å². The van der Waals surface area contributed by atoms with Gasteiger partial charge in [0, 0.05) is 11.6 Å². The van der Waals surface area contributed by atoms with E-state index in [0.29, 0.717) is 49.3 Å². The molecule has 5 saturated heterocycles. The van der Waals surface area contributed by atoms with Crippen LogP contribution in [0.1, 0.15) is 103 Å². The number of hydrogen-bond acceptors (Lipinski definition) is 9. The average molecular weight is 879 g/mol. The molecule has 6 heterocycles. The van der Waals surface area contributed by atoms with Gasteiger partial charge in [-0.05, 0) is 111 Å². The molecule has 11 heteroatoms. The van der Waals surface area contributed by atoms with Crippen LogP contribution in [0.15, 0.2) is 42.6 Å². The summed E-state index contributed by atoms with van der Waals surface area (Å²) in [6, 6.07) is 12.1. The number of nitrogens with zero attached hydrogens (tertiary/aromatic N) is 1. The van der Waals surface area contributed by atoms with Crippen LogP contribution in [0.3, 0.4) is 0 Å². The molecule has 8 bridgehead atoms. The van der Waals surface area contributed by atoms with Gasteiger partial charge in [-0.15, -0.1) is 0 Å². The van der Waals surface area contributed by atoms with Crippen molar-refractivity contribution in [3.05, 3.63) is 42.6 Å². The standard InChI is InChI=1S/C32H56N8.C9H7N.Ga.HI/c1-2-10-18-17(9-1)25-33-26(18)38-28-21-13-5-6-14-22(21)30(35-28)40-32-24-16-8-7-15-23(24)31(36-32)39-29-20-12-4-3-11-19(20)27(34-29)37-25;1-2-6-9-8(4-1)5-3-7-10-9;;/h17-40H,1-16H2;1-7H;;1H/q;;+1;/p-1. The van der Waals surface area contributed by atoms with E-state index in [1.54, 1.807) is 15.1 Å². The zero-order valence-corrected chi connectivity index (χ0v) is 35.6. The van der Waals surface area contributed by atoms with E-state index in [4.69, 9.17) is 0 Å². The van der Waals surface area contributed by atoms with Crippen molar-refractivity contribution in [3.63, 3.8) is 0 Å². The smallest absolute Gasteiger partial charge is 0.0701 e. The van der Waals surface area contributed by atoms with Crippen molar-refractivity contribution in [1.82, 2.24) is 47.5 Å². The summed E-state index contributed by atoms with van der Waals surface area (Å²) < 4.78 is 0. The van der Waals surface area contributed by atoms with Crippen LogP contribution in [0.25, 0.3) is 10.9 Å². The second-order valence-electron chi connectivity index (χ2n) is 17.8. The molecule has 2 radical (unpaired) electrons. The molecule has 9 nitrogen and oxygen atoms in total. The van der Waals surface area contributed by atoms with E-state index in [0.717, 1.165) is 52.9 Å². The first-order valence-corrected chi connectivity index (χ1v) is 28.8. The fourth-order valence-corrected chi connectivity index (χ4v) is 13.0. The van der Waals surface area contributed by atoms with E-state index in [1.807, 2.05) is 30.5 Å². The van der Waals surface area contributed by atoms with Crippen molar-refractivity contribution in [1.29, 1.82) is 0 Å². The van der Waals surface area contributed by atoms with Crippen molar-refractivity contribution in [2.45, 2.75) is 152 Å². The van der Waals surface area contributed by atoms with Crippen molar-refractivity contribution < 1.29 is 0 Å². The SMILES string of the molecule is C1CCC2C3NC(NC4NC(NC5NC(NC6NC(N3)C3CCCCC63)C3CCCCC53)C3CCCCC43)C2C1.[Ga][I].c1ccc2ncccc2c1. The third kappa shape index (κ3) is 7.45. The zero-order valence-electron chi connectivity index (χ0n) is 31.0. The van der Waals surface area contributed by atoms with Crippen LogP contribution >= 0.6 is 19.7 Å². The molecule has 0 spiro atoms. The third-order valence-electron chi connectivity index (χ3n) is 15.3. The molecule has 0 amide bonds. The number of benzene rings is 1. The van der Waals surface area contributed by atoms with Gasteiger partial charge in [0.1, 0.15) is 0 Å².